The lowest BCUT2D eigenvalue weighted by Gasteiger charge is -2.29. The lowest BCUT2D eigenvalue weighted by Crippen LogP contribution is -2.61. The summed E-state index contributed by atoms with van der Waals surface area (Å²) in [5.74, 6) is -12.5. The van der Waals surface area contributed by atoms with Crippen molar-refractivity contribution in [1.29, 1.82) is 0 Å². The minimum atomic E-state index is -1.72. The molecule has 6 rings (SSSR count). The summed E-state index contributed by atoms with van der Waals surface area (Å²) in [6.45, 7) is 20.1. The molecular formula is C78H113FN18O15S2. The van der Waals surface area contributed by atoms with E-state index in [4.69, 9.17) is 22.9 Å². The molecule has 114 heavy (non-hydrogen) atoms. The van der Waals surface area contributed by atoms with Gasteiger partial charge in [0.1, 0.15) is 60.2 Å². The highest BCUT2D eigenvalue weighted by atomic mass is 33.1. The Kier molecular flexibility index (Phi) is 36.2. The van der Waals surface area contributed by atoms with E-state index in [0.717, 1.165) is 34.8 Å². The number of anilines is 1. The van der Waals surface area contributed by atoms with E-state index in [9.17, 15) is 67.7 Å². The number of amides is 13. The van der Waals surface area contributed by atoms with E-state index in [1.165, 1.54) is 42.9 Å². The number of aliphatic hydroxyl groups is 2. The number of hydrogen-bond donors (Lipinski definition) is 18. The zero-order valence-electron chi connectivity index (χ0n) is 66.5. The number of aromatic amines is 1. The van der Waals surface area contributed by atoms with Gasteiger partial charge in [-0.05, 0) is 179 Å². The van der Waals surface area contributed by atoms with Crippen molar-refractivity contribution in [3.05, 3.63) is 123 Å². The van der Waals surface area contributed by atoms with Crippen molar-refractivity contribution in [2.24, 2.45) is 28.9 Å². The Morgan fingerprint density at radius 3 is 1.85 bits per heavy atom. The Hall–Kier alpha value is -9.66. The number of hydrogen-bond acceptors (Lipinski definition) is 22. The normalized spacial score (nSPS) is 20.6. The van der Waals surface area contributed by atoms with Crippen LogP contribution in [0, 0.1) is 32.5 Å². The number of aliphatic hydroxyl groups excluding tert-OH is 2. The second-order valence-corrected chi connectivity index (χ2v) is 32.0. The fourth-order valence-electron chi connectivity index (χ4n) is 13.2. The third-order valence-corrected chi connectivity index (χ3v) is 22.5. The predicted molar refractivity (Wildman–Crippen MR) is 433 cm³/mol. The molecule has 0 spiro atoms. The molecular weight excluding hydrogens is 1510 g/mol. The fraction of sp³-hybridized carbons (Fsp3) is 0.526. The Morgan fingerprint density at radius 2 is 1.27 bits per heavy atom. The zero-order chi connectivity index (χ0) is 84.4. The molecule has 1 fully saturated rings. The maximum absolute atomic E-state index is 15.2. The van der Waals surface area contributed by atoms with E-state index in [1.807, 2.05) is 13.8 Å². The van der Waals surface area contributed by atoms with Gasteiger partial charge in [0.15, 0.2) is 0 Å². The summed E-state index contributed by atoms with van der Waals surface area (Å²) in [4.78, 5) is 193. The van der Waals surface area contributed by atoms with Crippen molar-refractivity contribution >= 4 is 116 Å². The van der Waals surface area contributed by atoms with E-state index >= 15 is 9.18 Å². The monoisotopic (exact) mass is 1620 g/mol. The molecule has 11 atom stereocenters. The molecule has 2 aliphatic heterocycles. The largest absolute Gasteiger partial charge is 0.391 e. The molecule has 22 N–H and O–H groups in total. The Labute approximate surface area is 671 Å². The van der Waals surface area contributed by atoms with Crippen LogP contribution in [0.25, 0.3) is 11.6 Å². The van der Waals surface area contributed by atoms with Crippen LogP contribution < -0.4 is 86.3 Å². The maximum atomic E-state index is 15.2. The quantitative estimate of drug-likeness (QED) is 0.0171. The van der Waals surface area contributed by atoms with E-state index < -0.39 is 161 Å². The van der Waals surface area contributed by atoms with Gasteiger partial charge in [-0.15, -0.1) is 0 Å². The zero-order valence-corrected chi connectivity index (χ0v) is 68.1. The van der Waals surface area contributed by atoms with Gasteiger partial charge in [0.25, 0.3) is 17.7 Å². The van der Waals surface area contributed by atoms with Gasteiger partial charge in [0.2, 0.25) is 59.1 Å². The standard InChI is InChI=1S/C78H113FN18O15S2/c1-12-96(13-2)35-34-85-73(108)63-43(6)57(86-44(63)7)39-50-49-38-48(79)22-23-60(49)97(76(50)111)77(112)62-42(5)18-17-21-51(62)78(10,11)114-113-40-61(100)94-65(46(9)99)75(110)91-54(26-31-82)67(102)90-56-28-33-84-74(109)64(45(8)98)95-70(105)55(27-32-83)88-66(101)52(24-29-80)89-71(106)58(36-41(3)4)92-72(107)59(37-47-19-15-14-16-20-47)93-68(103)53(25-30-81)87-69(56)104/h14-23,38-39,41,45-46,52-56,58-59,64-65,86,98-99H,12-13,24-37,40,80-83H2,1-11H3,(H,84,109)(H,85,108)(H,87,104)(H,88,101)(H,89,106)(H,90,102)(H,91,110)(H,92,107)(H,93,103)(H,94,100)(H,95,105)/b50-39-/t45-,46-,52+,53+,54+,55+,56+,58+,59-,64+,65+/m1/s1. The third kappa shape index (κ3) is 25.7. The number of fused-ring (bicyclic) bond motifs is 1. The molecule has 33 nitrogen and oxygen atoms in total. The van der Waals surface area contributed by atoms with Gasteiger partial charge in [-0.25, -0.2) is 9.29 Å². The average Bonchev–Trinajstić information content (AvgIpc) is 1.60. The first-order valence-electron chi connectivity index (χ1n) is 38.3. The van der Waals surface area contributed by atoms with Crippen LogP contribution in [0.3, 0.4) is 0 Å². The molecule has 13 amide bonds. The second-order valence-electron chi connectivity index (χ2n) is 29.1. The lowest BCUT2D eigenvalue weighted by molar-refractivity contribution is -0.136. The minimum Gasteiger partial charge on any atom is -0.391 e. The second kappa shape index (κ2) is 44.3. The Bertz CT molecular complexity index is 4120. The molecule has 3 aromatic carbocycles. The number of nitrogens with two attached hydrogens (primary N) is 4. The number of carbonyl (C=O) groups excluding carboxylic acids is 13. The van der Waals surface area contributed by atoms with Gasteiger partial charge in [-0.3, -0.25) is 62.3 Å². The van der Waals surface area contributed by atoms with Crippen LogP contribution in [0.15, 0.2) is 66.7 Å². The molecule has 1 aromatic heterocycles. The van der Waals surface area contributed by atoms with E-state index in [0.29, 0.717) is 52.3 Å². The van der Waals surface area contributed by atoms with Crippen molar-refractivity contribution in [2.75, 3.05) is 69.6 Å². The molecule has 0 unspecified atom stereocenters. The molecule has 2 aliphatic rings. The van der Waals surface area contributed by atoms with Crippen LogP contribution in [-0.4, -0.2) is 228 Å². The number of benzene rings is 3. The number of H-pyrrole nitrogens is 1. The van der Waals surface area contributed by atoms with Crippen molar-refractivity contribution < 1.29 is 76.9 Å². The molecule has 1 saturated heterocycles. The van der Waals surface area contributed by atoms with Crippen LogP contribution in [-0.2, 0) is 63.9 Å². The van der Waals surface area contributed by atoms with Gasteiger partial charge in [-0.1, -0.05) is 97.8 Å². The van der Waals surface area contributed by atoms with Crippen LogP contribution in [0.5, 0.6) is 0 Å². The minimum absolute atomic E-state index is 0.00339. The first-order chi connectivity index (χ1) is 54.0. The van der Waals surface area contributed by atoms with Gasteiger partial charge in [0.05, 0.1) is 34.8 Å². The SMILES string of the molecule is CCN(CC)CCNC(=O)c1c(C)[nH]c(/C=C2\C(=O)N(C(=O)c3c(C)cccc3C(C)(C)SSCC(=O)N[C@H](C(=O)N[C@@H](CCN)C(=O)N[C@H]3CCNC(=O)[C@H]([C@@H](C)O)NC(=O)[C@H](CCN)NC(=O)[C@H](CCN)NC(=O)[C@H](CC(C)C)NC(=O)[C@@H](Cc4ccccc4)NC(=O)[C@H](CCN)NC3=O)[C@@H](C)O)c3ccc(F)cc32)c1C. The van der Waals surface area contributed by atoms with Crippen LogP contribution >= 0.6 is 21.6 Å². The average molecular weight is 1630 g/mol. The summed E-state index contributed by atoms with van der Waals surface area (Å²) >= 11 is 0. The van der Waals surface area contributed by atoms with Crippen LogP contribution in [0.1, 0.15) is 154 Å². The number of nitrogens with zero attached hydrogens (tertiary/aromatic N) is 2. The number of likely N-dealkylation sites (N-methyl/N-ethyl adjacent to an activating group) is 1. The fourth-order valence-corrected chi connectivity index (χ4v) is 15.7. The number of imide groups is 1. The van der Waals surface area contributed by atoms with Crippen molar-refractivity contribution in [3.63, 3.8) is 0 Å². The molecule has 36 heteroatoms. The number of rotatable bonds is 32. The molecule has 624 valence electrons. The van der Waals surface area contributed by atoms with Gasteiger partial charge >= 0.3 is 0 Å². The van der Waals surface area contributed by atoms with Crippen molar-refractivity contribution in [2.45, 2.75) is 192 Å². The topological polar surface area (TPSA) is 521 Å². The predicted octanol–water partition coefficient (Wildman–Crippen LogP) is -0.177. The highest BCUT2D eigenvalue weighted by molar-refractivity contribution is 8.77. The smallest absolute Gasteiger partial charge is 0.266 e. The summed E-state index contributed by atoms with van der Waals surface area (Å²) in [6, 6.07) is 3.38. The van der Waals surface area contributed by atoms with Crippen LogP contribution in [0.2, 0.25) is 0 Å². The number of aryl methyl sites for hydroxylation is 2. The molecule has 3 heterocycles. The number of nitrogens with one attached hydrogen (secondary N) is 12. The van der Waals surface area contributed by atoms with Crippen molar-refractivity contribution in [1.82, 2.24) is 68.4 Å². The van der Waals surface area contributed by atoms with E-state index in [-0.39, 0.29) is 105 Å². The summed E-state index contributed by atoms with van der Waals surface area (Å²) in [5, 5.41) is 50.6. The van der Waals surface area contributed by atoms with E-state index in [2.05, 4.69) is 68.4 Å². The molecule has 0 radical (unpaired) electrons. The first-order valence-corrected chi connectivity index (χ1v) is 40.6. The highest BCUT2D eigenvalue weighted by Gasteiger charge is 2.43. The number of halogens is 1. The highest BCUT2D eigenvalue weighted by Crippen LogP contribution is 2.47. The first kappa shape index (κ1) is 93.2. The third-order valence-electron chi connectivity index (χ3n) is 19.4. The Balaban J connectivity index is 1.22. The summed E-state index contributed by atoms with van der Waals surface area (Å²) in [6.07, 6.45) is -3.24. The van der Waals surface area contributed by atoms with Gasteiger partial charge in [-0.2, -0.15) is 0 Å². The van der Waals surface area contributed by atoms with Gasteiger partial charge in [0, 0.05) is 53.3 Å². The van der Waals surface area contributed by atoms with Gasteiger partial charge < -0.3 is 102 Å². The Morgan fingerprint density at radius 1 is 0.693 bits per heavy atom. The molecule has 0 bridgehead atoms. The molecule has 0 saturated carbocycles. The summed E-state index contributed by atoms with van der Waals surface area (Å²) in [5.41, 5.74) is 27.6. The van der Waals surface area contributed by atoms with E-state index in [1.54, 1.807) is 97.0 Å². The molecule has 0 aliphatic carbocycles. The molecule has 4 aromatic rings. The number of aromatic nitrogens is 1. The number of carbonyl (C=O) groups is 13. The van der Waals surface area contributed by atoms with Crippen molar-refractivity contribution in [3.8, 4) is 0 Å². The lowest BCUT2D eigenvalue weighted by atomic mass is 9.92. The maximum Gasteiger partial charge on any atom is 0.266 e. The summed E-state index contributed by atoms with van der Waals surface area (Å²) in [7, 11) is 2.19. The van der Waals surface area contributed by atoms with Crippen LogP contribution in [0.4, 0.5) is 10.1 Å². The summed E-state index contributed by atoms with van der Waals surface area (Å²) < 4.78 is 14.2.